The number of aromatic nitrogens is 3. The Morgan fingerprint density at radius 1 is 1.29 bits per heavy atom. The summed E-state index contributed by atoms with van der Waals surface area (Å²) in [6.07, 6.45) is 1.80. The Hall–Kier alpha value is -2.38. The lowest BCUT2D eigenvalue weighted by Crippen LogP contribution is -2.22. The third-order valence-corrected chi connectivity index (χ3v) is 5.68. The van der Waals surface area contributed by atoms with Crippen LogP contribution in [0.25, 0.3) is 11.4 Å². The Morgan fingerprint density at radius 2 is 2.04 bits per heavy atom. The number of hydrogen-bond donors (Lipinski definition) is 1. The van der Waals surface area contributed by atoms with Crippen LogP contribution >= 0.6 is 27.7 Å². The van der Waals surface area contributed by atoms with E-state index in [1.807, 2.05) is 60.9 Å². The van der Waals surface area contributed by atoms with Gasteiger partial charge in [-0.2, -0.15) is 0 Å². The molecule has 3 aromatic rings. The maximum absolute atomic E-state index is 12.6. The summed E-state index contributed by atoms with van der Waals surface area (Å²) in [7, 11) is 0. The van der Waals surface area contributed by atoms with E-state index in [0.29, 0.717) is 11.7 Å². The molecule has 28 heavy (non-hydrogen) atoms. The molecule has 0 spiro atoms. The molecule has 1 N–H and O–H groups in total. The first-order chi connectivity index (χ1) is 13.5. The maximum atomic E-state index is 12.6. The Morgan fingerprint density at radius 3 is 2.71 bits per heavy atom. The van der Waals surface area contributed by atoms with Gasteiger partial charge >= 0.3 is 0 Å². The third-order valence-electron chi connectivity index (χ3n) is 4.07. The number of amides is 1. The molecule has 144 valence electrons. The normalized spacial score (nSPS) is 11.8. The van der Waals surface area contributed by atoms with Crippen LogP contribution in [0.1, 0.15) is 12.5 Å². The topological polar surface area (TPSA) is 59.8 Å². The van der Waals surface area contributed by atoms with E-state index in [2.05, 4.69) is 44.1 Å². The number of thioether (sulfide) groups is 1. The molecule has 5 nitrogen and oxygen atoms in total. The smallest absolute Gasteiger partial charge is 0.237 e. The molecule has 0 radical (unpaired) electrons. The van der Waals surface area contributed by atoms with Crippen molar-refractivity contribution < 1.29 is 4.79 Å². The Labute approximate surface area is 177 Å². The number of benzene rings is 2. The van der Waals surface area contributed by atoms with E-state index < -0.39 is 0 Å². The highest BCUT2D eigenvalue weighted by atomic mass is 79.9. The Balaban J connectivity index is 1.78. The van der Waals surface area contributed by atoms with E-state index in [1.54, 1.807) is 6.08 Å². The summed E-state index contributed by atoms with van der Waals surface area (Å²) >= 11 is 4.77. The molecule has 2 aromatic carbocycles. The first kappa shape index (κ1) is 20.4. The van der Waals surface area contributed by atoms with E-state index in [0.717, 1.165) is 27.1 Å². The first-order valence-corrected chi connectivity index (χ1v) is 10.5. The molecule has 1 amide bonds. The quantitative estimate of drug-likeness (QED) is 0.385. The summed E-state index contributed by atoms with van der Waals surface area (Å²) < 4.78 is 2.95. The lowest BCUT2D eigenvalue weighted by molar-refractivity contribution is -0.115. The summed E-state index contributed by atoms with van der Waals surface area (Å²) in [6, 6.07) is 15.6. The number of aryl methyl sites for hydroxylation is 1. The van der Waals surface area contributed by atoms with Crippen molar-refractivity contribution in [3.63, 3.8) is 0 Å². The predicted molar refractivity (Wildman–Crippen MR) is 118 cm³/mol. The minimum Gasteiger partial charge on any atom is -0.325 e. The number of carbonyl (C=O) groups is 1. The summed E-state index contributed by atoms with van der Waals surface area (Å²) in [5.41, 5.74) is 2.91. The second-order valence-corrected chi connectivity index (χ2v) is 8.55. The van der Waals surface area contributed by atoms with Gasteiger partial charge in [0.1, 0.15) is 0 Å². The molecular weight excluding hydrogens is 436 g/mol. The second-order valence-electron chi connectivity index (χ2n) is 6.33. The molecule has 1 unspecified atom stereocenters. The van der Waals surface area contributed by atoms with Crippen LogP contribution in [0.15, 0.2) is 70.8 Å². The van der Waals surface area contributed by atoms with Crippen molar-refractivity contribution in [1.82, 2.24) is 14.8 Å². The summed E-state index contributed by atoms with van der Waals surface area (Å²) in [6.45, 7) is 8.31. The molecule has 0 aliphatic rings. The van der Waals surface area contributed by atoms with Gasteiger partial charge in [0.15, 0.2) is 11.0 Å². The van der Waals surface area contributed by atoms with Crippen molar-refractivity contribution in [1.29, 1.82) is 0 Å². The molecule has 3 rings (SSSR count). The zero-order chi connectivity index (χ0) is 20.1. The Bertz CT molecular complexity index is 984. The molecule has 1 heterocycles. The summed E-state index contributed by atoms with van der Waals surface area (Å²) in [4.78, 5) is 12.6. The van der Waals surface area contributed by atoms with Crippen LogP contribution in [-0.2, 0) is 11.3 Å². The molecule has 0 saturated heterocycles. The van der Waals surface area contributed by atoms with E-state index in [1.165, 1.54) is 11.8 Å². The molecule has 0 saturated carbocycles. The van der Waals surface area contributed by atoms with Gasteiger partial charge in [-0.15, -0.1) is 16.8 Å². The van der Waals surface area contributed by atoms with Crippen LogP contribution in [0.3, 0.4) is 0 Å². The van der Waals surface area contributed by atoms with Gasteiger partial charge in [-0.1, -0.05) is 57.5 Å². The highest BCUT2D eigenvalue weighted by molar-refractivity contribution is 9.10. The number of nitrogens with zero attached hydrogens (tertiary/aromatic N) is 3. The van der Waals surface area contributed by atoms with Crippen molar-refractivity contribution in [2.75, 3.05) is 5.32 Å². The fraction of sp³-hybridized carbons (Fsp3) is 0.190. The van der Waals surface area contributed by atoms with E-state index in [4.69, 9.17) is 0 Å². The number of rotatable bonds is 7. The van der Waals surface area contributed by atoms with Gasteiger partial charge in [-0.25, -0.2) is 0 Å². The molecular formula is C21H21BrN4OS. The van der Waals surface area contributed by atoms with Gasteiger partial charge in [0, 0.05) is 22.3 Å². The zero-order valence-electron chi connectivity index (χ0n) is 15.7. The molecule has 1 atom stereocenters. The van der Waals surface area contributed by atoms with Crippen molar-refractivity contribution >= 4 is 39.3 Å². The average Bonchev–Trinajstić information content (AvgIpc) is 3.06. The van der Waals surface area contributed by atoms with Gasteiger partial charge in [-0.05, 0) is 44.2 Å². The molecule has 0 aliphatic carbocycles. The van der Waals surface area contributed by atoms with Crippen molar-refractivity contribution in [2.24, 2.45) is 0 Å². The number of carbonyl (C=O) groups excluding carboxylic acids is 1. The largest absolute Gasteiger partial charge is 0.325 e. The molecule has 0 bridgehead atoms. The SMILES string of the molecule is C=CCn1c(SC(C)C(=O)Nc2ccc(Br)cc2)nnc1-c1cccc(C)c1. The average molecular weight is 457 g/mol. The molecule has 1 aromatic heterocycles. The minimum absolute atomic E-state index is 0.0856. The summed E-state index contributed by atoms with van der Waals surface area (Å²) in [5, 5.41) is 12.0. The second kappa shape index (κ2) is 9.21. The van der Waals surface area contributed by atoms with Gasteiger partial charge < -0.3 is 5.32 Å². The molecule has 0 fully saturated rings. The highest BCUT2D eigenvalue weighted by Gasteiger charge is 2.20. The van der Waals surface area contributed by atoms with Gasteiger partial charge in [0.2, 0.25) is 5.91 Å². The van der Waals surface area contributed by atoms with Crippen molar-refractivity contribution in [3.8, 4) is 11.4 Å². The number of nitrogens with one attached hydrogen (secondary N) is 1. The fourth-order valence-corrected chi connectivity index (χ4v) is 3.78. The number of anilines is 1. The van der Waals surface area contributed by atoms with E-state index in [9.17, 15) is 4.79 Å². The monoisotopic (exact) mass is 456 g/mol. The van der Waals surface area contributed by atoms with Crippen LogP contribution in [0.5, 0.6) is 0 Å². The van der Waals surface area contributed by atoms with Gasteiger partial charge in [0.25, 0.3) is 0 Å². The summed E-state index contributed by atoms with van der Waals surface area (Å²) in [5.74, 6) is 0.684. The lowest BCUT2D eigenvalue weighted by Gasteiger charge is -2.13. The number of allylic oxidation sites excluding steroid dienone is 1. The number of hydrogen-bond acceptors (Lipinski definition) is 4. The number of halogens is 1. The lowest BCUT2D eigenvalue weighted by atomic mass is 10.1. The van der Waals surface area contributed by atoms with Crippen LogP contribution in [-0.4, -0.2) is 25.9 Å². The molecule has 7 heteroatoms. The van der Waals surface area contributed by atoms with Gasteiger partial charge in [-0.3, -0.25) is 9.36 Å². The van der Waals surface area contributed by atoms with Crippen LogP contribution in [0, 0.1) is 6.92 Å². The predicted octanol–water partition coefficient (Wildman–Crippen LogP) is 5.32. The van der Waals surface area contributed by atoms with Crippen molar-refractivity contribution in [2.45, 2.75) is 30.8 Å². The van der Waals surface area contributed by atoms with Crippen molar-refractivity contribution in [3.05, 3.63) is 71.2 Å². The fourth-order valence-electron chi connectivity index (χ4n) is 2.66. The Kier molecular flexibility index (Phi) is 6.70. The zero-order valence-corrected chi connectivity index (χ0v) is 18.1. The first-order valence-electron chi connectivity index (χ1n) is 8.82. The standard InChI is InChI=1S/C21H21BrN4OS/c1-4-12-26-19(16-7-5-6-14(2)13-16)24-25-21(26)28-15(3)20(27)23-18-10-8-17(22)9-11-18/h4-11,13,15H,1,12H2,2-3H3,(H,23,27). The highest BCUT2D eigenvalue weighted by Crippen LogP contribution is 2.28. The maximum Gasteiger partial charge on any atom is 0.237 e. The van der Waals surface area contributed by atoms with Gasteiger partial charge in [0.05, 0.1) is 5.25 Å². The van der Waals surface area contributed by atoms with E-state index in [-0.39, 0.29) is 11.2 Å². The van der Waals surface area contributed by atoms with Crippen LogP contribution in [0.2, 0.25) is 0 Å². The third kappa shape index (κ3) is 4.91. The molecule has 0 aliphatic heterocycles. The van der Waals surface area contributed by atoms with Crippen LogP contribution < -0.4 is 5.32 Å². The minimum atomic E-state index is -0.332. The van der Waals surface area contributed by atoms with Crippen LogP contribution in [0.4, 0.5) is 5.69 Å². The van der Waals surface area contributed by atoms with E-state index >= 15 is 0 Å².